The monoisotopic (exact) mass is 332 g/mol. The van der Waals surface area contributed by atoms with Crippen molar-refractivity contribution in [2.75, 3.05) is 0 Å². The van der Waals surface area contributed by atoms with Crippen molar-refractivity contribution >= 4 is 15.9 Å². The summed E-state index contributed by atoms with van der Waals surface area (Å²) in [4.78, 5) is 4.47. The molecule has 2 aliphatic rings. The lowest BCUT2D eigenvalue weighted by Crippen LogP contribution is -2.16. The van der Waals surface area contributed by atoms with E-state index in [1.807, 2.05) is 29.2 Å². The van der Waals surface area contributed by atoms with E-state index in [1.54, 1.807) is 0 Å². The van der Waals surface area contributed by atoms with E-state index < -0.39 is 0 Å². The van der Waals surface area contributed by atoms with Gasteiger partial charge in [0, 0.05) is 34.7 Å². The first-order valence-electron chi connectivity index (χ1n) is 7.23. The molecule has 0 amide bonds. The summed E-state index contributed by atoms with van der Waals surface area (Å²) in [6.07, 6.45) is 9.03. The van der Waals surface area contributed by atoms with Gasteiger partial charge in [-0.1, -0.05) is 0 Å². The molecule has 0 bridgehead atoms. The third-order valence-corrected chi connectivity index (χ3v) is 4.41. The van der Waals surface area contributed by atoms with Crippen molar-refractivity contribution in [3.63, 3.8) is 0 Å². The largest absolute Gasteiger partial charge is 0.310 e. The van der Waals surface area contributed by atoms with Crippen molar-refractivity contribution in [2.24, 2.45) is 0 Å². The Labute approximate surface area is 126 Å². The minimum Gasteiger partial charge on any atom is -0.310 e. The van der Waals surface area contributed by atoms with Gasteiger partial charge in [-0.2, -0.15) is 5.10 Å². The first kappa shape index (κ1) is 12.5. The molecule has 0 unspecified atom stereocenters. The van der Waals surface area contributed by atoms with Gasteiger partial charge in [0.05, 0.1) is 11.9 Å². The summed E-state index contributed by atoms with van der Waals surface area (Å²) in [5, 5.41) is 8.16. The van der Waals surface area contributed by atoms with Crippen LogP contribution < -0.4 is 5.32 Å². The topological polar surface area (TPSA) is 42.7 Å². The Balaban J connectivity index is 1.65. The van der Waals surface area contributed by atoms with Crippen molar-refractivity contribution in [3.05, 3.63) is 40.3 Å². The number of pyridine rings is 1. The van der Waals surface area contributed by atoms with Gasteiger partial charge in [-0.15, -0.1) is 0 Å². The normalized spacial score (nSPS) is 18.4. The first-order valence-corrected chi connectivity index (χ1v) is 8.02. The zero-order chi connectivity index (χ0) is 13.5. The summed E-state index contributed by atoms with van der Waals surface area (Å²) in [7, 11) is 0. The summed E-state index contributed by atoms with van der Waals surface area (Å²) in [5.74, 6) is 1.58. The van der Waals surface area contributed by atoms with E-state index >= 15 is 0 Å². The zero-order valence-corrected chi connectivity index (χ0v) is 12.8. The van der Waals surface area contributed by atoms with Crippen LogP contribution in [0.5, 0.6) is 0 Å². The van der Waals surface area contributed by atoms with Crippen LogP contribution in [0.15, 0.2) is 29.0 Å². The lowest BCUT2D eigenvalue weighted by Gasteiger charge is -2.08. The summed E-state index contributed by atoms with van der Waals surface area (Å²) < 4.78 is 3.02. The van der Waals surface area contributed by atoms with Crippen LogP contribution >= 0.6 is 15.9 Å². The SMILES string of the molecule is Brc1ccc(-n2ncc(CNC3CC3)c2C2CC2)nc1. The van der Waals surface area contributed by atoms with Gasteiger partial charge in [0.25, 0.3) is 0 Å². The maximum atomic E-state index is 4.57. The van der Waals surface area contributed by atoms with Crippen LogP contribution in [0, 0.1) is 0 Å². The number of nitrogens with one attached hydrogen (secondary N) is 1. The molecular formula is C15H17BrN4. The van der Waals surface area contributed by atoms with Crippen LogP contribution in [0.1, 0.15) is 42.9 Å². The van der Waals surface area contributed by atoms with Gasteiger partial charge in [0.1, 0.15) is 0 Å². The van der Waals surface area contributed by atoms with E-state index in [0.29, 0.717) is 5.92 Å². The van der Waals surface area contributed by atoms with Crippen molar-refractivity contribution in [2.45, 2.75) is 44.2 Å². The third-order valence-electron chi connectivity index (χ3n) is 3.94. The third kappa shape index (κ3) is 2.52. The molecule has 2 aliphatic carbocycles. The Morgan fingerprint density at radius 1 is 1.20 bits per heavy atom. The van der Waals surface area contributed by atoms with Crippen molar-refractivity contribution in [1.82, 2.24) is 20.1 Å². The van der Waals surface area contributed by atoms with Gasteiger partial charge in [0.2, 0.25) is 0 Å². The molecule has 0 saturated heterocycles. The number of rotatable bonds is 5. The van der Waals surface area contributed by atoms with E-state index in [0.717, 1.165) is 22.9 Å². The van der Waals surface area contributed by atoms with Crippen LogP contribution in [0.2, 0.25) is 0 Å². The molecule has 0 radical (unpaired) electrons. The van der Waals surface area contributed by atoms with E-state index in [1.165, 1.54) is 36.9 Å². The molecule has 4 nitrogen and oxygen atoms in total. The Bertz CT molecular complexity index is 611. The number of aromatic nitrogens is 3. The maximum Gasteiger partial charge on any atom is 0.153 e. The number of nitrogens with zero attached hydrogens (tertiary/aromatic N) is 3. The predicted molar refractivity (Wildman–Crippen MR) is 80.9 cm³/mol. The van der Waals surface area contributed by atoms with Gasteiger partial charge >= 0.3 is 0 Å². The van der Waals surface area contributed by atoms with E-state index in [2.05, 4.69) is 31.3 Å². The van der Waals surface area contributed by atoms with Gasteiger partial charge in [-0.05, 0) is 53.7 Å². The number of hydrogen-bond donors (Lipinski definition) is 1. The minimum atomic E-state index is 0.666. The van der Waals surface area contributed by atoms with Gasteiger partial charge < -0.3 is 5.32 Å². The lowest BCUT2D eigenvalue weighted by atomic mass is 10.1. The minimum absolute atomic E-state index is 0.666. The molecule has 2 saturated carbocycles. The fraction of sp³-hybridized carbons (Fsp3) is 0.467. The second kappa shape index (κ2) is 4.97. The predicted octanol–water partition coefficient (Wildman–Crippen LogP) is 3.16. The Hall–Kier alpha value is -1.20. The highest BCUT2D eigenvalue weighted by Crippen LogP contribution is 2.42. The molecule has 0 aliphatic heterocycles. The quantitative estimate of drug-likeness (QED) is 0.914. The molecule has 2 aromatic heterocycles. The molecule has 104 valence electrons. The second-order valence-electron chi connectivity index (χ2n) is 5.73. The van der Waals surface area contributed by atoms with E-state index in [4.69, 9.17) is 0 Å². The molecule has 5 heteroatoms. The summed E-state index contributed by atoms with van der Waals surface area (Å²) in [6, 6.07) is 4.76. The summed E-state index contributed by atoms with van der Waals surface area (Å²) >= 11 is 3.43. The fourth-order valence-corrected chi connectivity index (χ4v) is 2.77. The van der Waals surface area contributed by atoms with Crippen molar-refractivity contribution in [3.8, 4) is 5.82 Å². The van der Waals surface area contributed by atoms with Crippen molar-refractivity contribution < 1.29 is 0 Å². The summed E-state index contributed by atoms with van der Waals surface area (Å²) in [6.45, 7) is 0.938. The Kier molecular flexibility index (Phi) is 3.11. The molecule has 4 rings (SSSR count). The van der Waals surface area contributed by atoms with Crippen LogP contribution in [-0.4, -0.2) is 20.8 Å². The standard InChI is InChI=1S/C15H17BrN4/c16-12-3-6-14(18-9-12)20-15(10-1-2-10)11(8-19-20)7-17-13-4-5-13/h3,6,8-10,13,17H,1-2,4-5,7H2. The number of halogens is 1. The molecule has 0 spiro atoms. The molecule has 2 fully saturated rings. The van der Waals surface area contributed by atoms with Crippen LogP contribution in [0.3, 0.4) is 0 Å². The van der Waals surface area contributed by atoms with Gasteiger partial charge in [-0.3, -0.25) is 0 Å². The smallest absolute Gasteiger partial charge is 0.153 e. The van der Waals surface area contributed by atoms with E-state index in [-0.39, 0.29) is 0 Å². The van der Waals surface area contributed by atoms with Crippen molar-refractivity contribution in [1.29, 1.82) is 0 Å². The van der Waals surface area contributed by atoms with Crippen LogP contribution in [0.4, 0.5) is 0 Å². The molecule has 2 heterocycles. The second-order valence-corrected chi connectivity index (χ2v) is 6.65. The molecular weight excluding hydrogens is 316 g/mol. The Morgan fingerprint density at radius 2 is 2.05 bits per heavy atom. The average molecular weight is 333 g/mol. The molecule has 0 aromatic carbocycles. The molecule has 0 atom stereocenters. The first-order chi connectivity index (χ1) is 9.81. The van der Waals surface area contributed by atoms with Gasteiger partial charge in [-0.25, -0.2) is 9.67 Å². The average Bonchev–Trinajstić information content (AvgIpc) is 3.37. The highest BCUT2D eigenvalue weighted by Gasteiger charge is 2.31. The van der Waals surface area contributed by atoms with E-state index in [9.17, 15) is 0 Å². The molecule has 1 N–H and O–H groups in total. The highest BCUT2D eigenvalue weighted by molar-refractivity contribution is 9.10. The molecule has 2 aromatic rings. The fourth-order valence-electron chi connectivity index (χ4n) is 2.54. The van der Waals surface area contributed by atoms with Crippen LogP contribution in [-0.2, 0) is 6.54 Å². The zero-order valence-electron chi connectivity index (χ0n) is 11.2. The Morgan fingerprint density at radius 3 is 2.70 bits per heavy atom. The lowest BCUT2D eigenvalue weighted by molar-refractivity contribution is 0.678. The molecule has 20 heavy (non-hydrogen) atoms. The highest BCUT2D eigenvalue weighted by atomic mass is 79.9. The summed E-state index contributed by atoms with van der Waals surface area (Å²) in [5.41, 5.74) is 2.69. The number of hydrogen-bond acceptors (Lipinski definition) is 3. The van der Waals surface area contributed by atoms with Gasteiger partial charge in [0.15, 0.2) is 5.82 Å². The maximum absolute atomic E-state index is 4.57. The van der Waals surface area contributed by atoms with Crippen LogP contribution in [0.25, 0.3) is 5.82 Å².